The molecule has 1 N–H and O–H groups in total. The molecule has 1 saturated heterocycles. The molecule has 2 rings (SSSR count). The van der Waals surface area contributed by atoms with Crippen molar-refractivity contribution >= 4 is 25.6 Å². The van der Waals surface area contributed by atoms with Gasteiger partial charge in [-0.3, -0.25) is 0 Å². The topological polar surface area (TPSA) is 106 Å². The van der Waals surface area contributed by atoms with Crippen LogP contribution in [0.25, 0.3) is 0 Å². The molecule has 1 heterocycles. The van der Waals surface area contributed by atoms with Crippen molar-refractivity contribution in [3.63, 3.8) is 0 Å². The zero-order valence-corrected chi connectivity index (χ0v) is 11.4. The third-order valence-corrected chi connectivity index (χ3v) is 7.21. The number of carbonyl (C=O) groups is 1. The molecule has 0 radical (unpaired) electrons. The van der Waals surface area contributed by atoms with E-state index in [9.17, 15) is 21.6 Å². The molecular formula is C11H12O6S2. The zero-order valence-electron chi connectivity index (χ0n) is 9.81. The molecule has 8 heteroatoms. The van der Waals surface area contributed by atoms with Crippen LogP contribution >= 0.6 is 0 Å². The largest absolute Gasteiger partial charge is 0.478 e. The molecule has 0 saturated carbocycles. The maximum atomic E-state index is 12.2. The van der Waals surface area contributed by atoms with Gasteiger partial charge in [0.05, 0.1) is 27.2 Å². The van der Waals surface area contributed by atoms with E-state index < -0.39 is 36.6 Å². The van der Waals surface area contributed by atoms with Gasteiger partial charge < -0.3 is 5.11 Å². The Morgan fingerprint density at radius 2 is 2.00 bits per heavy atom. The van der Waals surface area contributed by atoms with Crippen LogP contribution in [0.1, 0.15) is 16.8 Å². The molecule has 1 atom stereocenters. The molecule has 0 spiro atoms. The minimum absolute atomic E-state index is 0.0575. The van der Waals surface area contributed by atoms with Gasteiger partial charge in [0.2, 0.25) is 0 Å². The van der Waals surface area contributed by atoms with Gasteiger partial charge in [-0.2, -0.15) is 0 Å². The van der Waals surface area contributed by atoms with Crippen molar-refractivity contribution in [3.8, 4) is 0 Å². The van der Waals surface area contributed by atoms with Crippen LogP contribution in [0.5, 0.6) is 0 Å². The average Bonchev–Trinajstić information content (AvgIpc) is 2.70. The predicted octanol–water partition coefficient (Wildman–Crippen LogP) is 0.346. The molecular weight excluding hydrogens is 292 g/mol. The van der Waals surface area contributed by atoms with E-state index in [4.69, 9.17) is 5.11 Å². The van der Waals surface area contributed by atoms with Crippen molar-refractivity contribution in [2.45, 2.75) is 16.6 Å². The van der Waals surface area contributed by atoms with Crippen LogP contribution in [-0.2, 0) is 19.7 Å². The van der Waals surface area contributed by atoms with Crippen LogP contribution in [0.15, 0.2) is 29.2 Å². The summed E-state index contributed by atoms with van der Waals surface area (Å²) in [4.78, 5) is 10.7. The second-order valence-corrected chi connectivity index (χ2v) is 8.86. The molecule has 0 aromatic heterocycles. The fraction of sp³-hybridized carbons (Fsp3) is 0.364. The molecule has 1 aliphatic rings. The molecule has 1 fully saturated rings. The van der Waals surface area contributed by atoms with Gasteiger partial charge in [0, 0.05) is 0 Å². The summed E-state index contributed by atoms with van der Waals surface area (Å²) in [5.74, 6) is -1.77. The number of hydrogen-bond acceptors (Lipinski definition) is 5. The zero-order chi connectivity index (χ0) is 14.3. The highest BCUT2D eigenvalue weighted by Crippen LogP contribution is 2.25. The third-order valence-electron chi connectivity index (χ3n) is 3.04. The summed E-state index contributed by atoms with van der Waals surface area (Å²) in [6.45, 7) is 0. The SMILES string of the molecule is O=C(O)c1cccc(S(=O)(=O)C2CCS(=O)(=O)C2)c1. The lowest BCUT2D eigenvalue weighted by molar-refractivity contribution is 0.0696. The van der Waals surface area contributed by atoms with Gasteiger partial charge in [-0.1, -0.05) is 6.07 Å². The minimum atomic E-state index is -3.81. The lowest BCUT2D eigenvalue weighted by Crippen LogP contribution is -2.23. The van der Waals surface area contributed by atoms with Gasteiger partial charge >= 0.3 is 5.97 Å². The van der Waals surface area contributed by atoms with Crippen molar-refractivity contribution < 1.29 is 26.7 Å². The molecule has 6 nitrogen and oxygen atoms in total. The first-order valence-corrected chi connectivity index (χ1v) is 8.87. The Hall–Kier alpha value is -1.41. The van der Waals surface area contributed by atoms with E-state index in [1.165, 1.54) is 18.2 Å². The Morgan fingerprint density at radius 3 is 2.53 bits per heavy atom. The lowest BCUT2D eigenvalue weighted by atomic mass is 10.2. The normalized spacial score (nSPS) is 22.2. The molecule has 104 valence electrons. The number of sulfone groups is 2. The highest BCUT2D eigenvalue weighted by atomic mass is 32.2. The van der Waals surface area contributed by atoms with Crippen LogP contribution in [-0.4, -0.2) is 44.7 Å². The van der Waals surface area contributed by atoms with Gasteiger partial charge in [0.25, 0.3) is 0 Å². The van der Waals surface area contributed by atoms with Crippen molar-refractivity contribution in [1.29, 1.82) is 0 Å². The van der Waals surface area contributed by atoms with Gasteiger partial charge in [0.15, 0.2) is 19.7 Å². The van der Waals surface area contributed by atoms with Crippen LogP contribution < -0.4 is 0 Å². The summed E-state index contributed by atoms with van der Waals surface area (Å²) >= 11 is 0. The van der Waals surface area contributed by atoms with E-state index in [1.54, 1.807) is 0 Å². The summed E-state index contributed by atoms with van der Waals surface area (Å²) < 4.78 is 47.2. The summed E-state index contributed by atoms with van der Waals surface area (Å²) in [7, 11) is -7.12. The van der Waals surface area contributed by atoms with Gasteiger partial charge in [-0.25, -0.2) is 21.6 Å². The number of aromatic carboxylic acids is 1. The Labute approximate surface area is 110 Å². The molecule has 1 aromatic carbocycles. The Bertz CT molecular complexity index is 717. The molecule has 0 bridgehead atoms. The summed E-state index contributed by atoms with van der Waals surface area (Å²) in [6, 6.07) is 4.96. The first-order valence-electron chi connectivity index (χ1n) is 5.50. The van der Waals surface area contributed by atoms with Crippen molar-refractivity contribution in [2.24, 2.45) is 0 Å². The highest BCUT2D eigenvalue weighted by molar-refractivity contribution is 7.96. The predicted molar refractivity (Wildman–Crippen MR) is 67.6 cm³/mol. The summed E-state index contributed by atoms with van der Waals surface area (Å²) in [6.07, 6.45) is 0.0575. The van der Waals surface area contributed by atoms with Crippen molar-refractivity contribution in [1.82, 2.24) is 0 Å². The van der Waals surface area contributed by atoms with Gasteiger partial charge in [0.1, 0.15) is 0 Å². The van der Waals surface area contributed by atoms with E-state index in [0.717, 1.165) is 6.07 Å². The maximum absolute atomic E-state index is 12.2. The van der Waals surface area contributed by atoms with Gasteiger partial charge in [-0.15, -0.1) is 0 Å². The number of carboxylic acid groups (broad SMARTS) is 1. The second-order valence-electron chi connectivity index (χ2n) is 4.40. The first-order chi connectivity index (χ1) is 8.72. The molecule has 1 aliphatic heterocycles. The fourth-order valence-electron chi connectivity index (χ4n) is 2.00. The lowest BCUT2D eigenvalue weighted by Gasteiger charge is -2.10. The van der Waals surface area contributed by atoms with Crippen LogP contribution in [0.3, 0.4) is 0 Å². The maximum Gasteiger partial charge on any atom is 0.335 e. The molecule has 19 heavy (non-hydrogen) atoms. The smallest absolute Gasteiger partial charge is 0.335 e. The first kappa shape index (κ1) is 14.0. The van der Waals surface area contributed by atoms with E-state index in [-0.39, 0.29) is 22.6 Å². The Morgan fingerprint density at radius 1 is 1.32 bits per heavy atom. The number of hydrogen-bond donors (Lipinski definition) is 1. The van der Waals surface area contributed by atoms with Crippen LogP contribution in [0, 0.1) is 0 Å². The molecule has 1 aromatic rings. The van der Waals surface area contributed by atoms with Gasteiger partial charge in [-0.05, 0) is 24.6 Å². The Kier molecular flexibility index (Phi) is 3.40. The Balaban J connectivity index is 2.41. The standard InChI is InChI=1S/C11H12O6S2/c12-11(13)8-2-1-3-9(6-8)19(16,17)10-4-5-18(14,15)7-10/h1-3,6,10H,4-5,7H2,(H,12,13). The number of carboxylic acids is 1. The quantitative estimate of drug-likeness (QED) is 0.863. The van der Waals surface area contributed by atoms with E-state index >= 15 is 0 Å². The fourth-order valence-corrected chi connectivity index (χ4v) is 6.41. The molecule has 0 amide bonds. The minimum Gasteiger partial charge on any atom is -0.478 e. The van der Waals surface area contributed by atoms with Crippen LogP contribution in [0.4, 0.5) is 0 Å². The molecule has 1 unspecified atom stereocenters. The van der Waals surface area contributed by atoms with Crippen LogP contribution in [0.2, 0.25) is 0 Å². The monoisotopic (exact) mass is 304 g/mol. The summed E-state index contributed by atoms with van der Waals surface area (Å²) in [5.41, 5.74) is -0.137. The van der Waals surface area contributed by atoms with E-state index in [0.29, 0.717) is 0 Å². The third kappa shape index (κ3) is 2.79. The highest BCUT2D eigenvalue weighted by Gasteiger charge is 2.38. The average molecular weight is 304 g/mol. The van der Waals surface area contributed by atoms with E-state index in [2.05, 4.69) is 0 Å². The molecule has 0 aliphatic carbocycles. The van der Waals surface area contributed by atoms with Crippen molar-refractivity contribution in [3.05, 3.63) is 29.8 Å². The second kappa shape index (κ2) is 4.61. The number of benzene rings is 1. The summed E-state index contributed by atoms with van der Waals surface area (Å²) in [5, 5.41) is 7.85. The van der Waals surface area contributed by atoms with Crippen molar-refractivity contribution in [2.75, 3.05) is 11.5 Å². The number of rotatable bonds is 3. The van der Waals surface area contributed by atoms with E-state index in [1.807, 2.05) is 0 Å².